The van der Waals surface area contributed by atoms with E-state index in [1.807, 2.05) is 24.3 Å². The standard InChI is InChI=1S/C15H21N3O2.2ClH/c1-2-17(10-11-19)8-5-9-18-12-16-14-7-4-3-6-13(14)15(18)20;;/h3-4,6-7,12,19H,2,5,8-11H2,1H3;2*1H. The van der Waals surface area contributed by atoms with E-state index in [0.29, 0.717) is 5.56 Å². The highest BCUT2D eigenvalue weighted by Gasteiger charge is 2.26. The quantitative estimate of drug-likeness (QED) is 0.459. The van der Waals surface area contributed by atoms with Crippen LogP contribution in [0.1, 0.15) is 23.7 Å². The van der Waals surface area contributed by atoms with E-state index >= 15 is 0 Å². The minimum atomic E-state index is 0. The number of aliphatic hydroxyl groups is 1. The summed E-state index contributed by atoms with van der Waals surface area (Å²) in [6.07, 6.45) is 2.65. The Morgan fingerprint density at radius 3 is 2.64 bits per heavy atom. The number of benzene rings is 1. The zero-order chi connectivity index (χ0) is 14.4. The summed E-state index contributed by atoms with van der Waals surface area (Å²) in [4.78, 5) is 18.8. The Morgan fingerprint density at radius 1 is 1.23 bits per heavy atom. The summed E-state index contributed by atoms with van der Waals surface area (Å²) in [6.45, 7) is 5.83. The topological polar surface area (TPSA) is 58.5 Å². The van der Waals surface area contributed by atoms with Crippen molar-refractivity contribution in [3.8, 4) is 0 Å². The lowest BCUT2D eigenvalue weighted by Gasteiger charge is -2.19. The molecule has 7 heteroatoms. The first-order valence-electron chi connectivity index (χ1n) is 7.24. The van der Waals surface area contributed by atoms with Crippen molar-refractivity contribution in [1.29, 1.82) is 0 Å². The third-order valence-corrected chi connectivity index (χ3v) is 3.74. The molecule has 0 saturated carbocycles. The van der Waals surface area contributed by atoms with Crippen molar-refractivity contribution in [2.24, 2.45) is 4.99 Å². The van der Waals surface area contributed by atoms with Gasteiger partial charge in [-0.2, -0.15) is 0 Å². The minimum Gasteiger partial charge on any atom is -1.00 e. The molecule has 1 aromatic rings. The molecule has 0 spiro atoms. The molecule has 0 radical (unpaired) electrons. The van der Waals surface area contributed by atoms with Crippen LogP contribution in [0.25, 0.3) is 0 Å². The van der Waals surface area contributed by atoms with Gasteiger partial charge >= 0.3 is 5.91 Å². The molecule has 124 valence electrons. The second-order valence-corrected chi connectivity index (χ2v) is 5.06. The van der Waals surface area contributed by atoms with Gasteiger partial charge in [0.15, 0.2) is 6.34 Å². The largest absolute Gasteiger partial charge is 1.00 e. The fraction of sp³-hybridized carbons (Fsp3) is 0.467. The van der Waals surface area contributed by atoms with Crippen molar-refractivity contribution in [3.63, 3.8) is 0 Å². The van der Waals surface area contributed by atoms with Crippen molar-refractivity contribution in [3.05, 3.63) is 29.8 Å². The number of aliphatic hydroxyl groups excluding tert-OH is 1. The fourth-order valence-electron chi connectivity index (χ4n) is 2.50. The molecule has 2 atom stereocenters. The number of carbonyl (C=O) groups is 1. The molecule has 2 unspecified atom stereocenters. The number of quaternary nitrogens is 2. The number of carbonyl (C=O) groups excluding carboxylic acids is 1. The predicted octanol–water partition coefficient (Wildman–Crippen LogP) is -7.32. The van der Waals surface area contributed by atoms with Gasteiger partial charge in [-0.3, -0.25) is 0 Å². The lowest BCUT2D eigenvalue weighted by molar-refractivity contribution is -0.900. The second-order valence-electron chi connectivity index (χ2n) is 5.06. The first kappa shape index (κ1) is 21.0. The molecule has 0 bridgehead atoms. The lowest BCUT2D eigenvalue weighted by atomic mass is 10.1. The van der Waals surface area contributed by atoms with Gasteiger partial charge in [0, 0.05) is 6.42 Å². The number of para-hydroxylation sites is 1. The molecule has 1 aliphatic rings. The summed E-state index contributed by atoms with van der Waals surface area (Å²) in [7, 11) is 0. The fourth-order valence-corrected chi connectivity index (χ4v) is 2.50. The van der Waals surface area contributed by atoms with E-state index < -0.39 is 0 Å². The molecular formula is C15H23Cl2N3O2. The van der Waals surface area contributed by atoms with E-state index in [0.717, 1.165) is 43.2 Å². The smallest absolute Gasteiger partial charge is 0.352 e. The molecule has 1 aromatic carbocycles. The number of amides is 1. The highest BCUT2D eigenvalue weighted by Crippen LogP contribution is 2.18. The number of fused-ring (bicyclic) bond motifs is 1. The lowest BCUT2D eigenvalue weighted by Crippen LogP contribution is -3.16. The van der Waals surface area contributed by atoms with Crippen LogP contribution in [0.2, 0.25) is 0 Å². The molecule has 22 heavy (non-hydrogen) atoms. The molecule has 0 saturated heterocycles. The number of hydrogen-bond donors (Lipinski definition) is 3. The average molecular weight is 348 g/mol. The second kappa shape index (κ2) is 10.7. The van der Waals surface area contributed by atoms with Gasteiger partial charge < -0.3 is 34.8 Å². The number of likely N-dealkylation sites (N-methyl/N-ethyl adjacent to an activating group) is 1. The van der Waals surface area contributed by atoms with E-state index in [1.165, 1.54) is 4.90 Å². The van der Waals surface area contributed by atoms with Crippen LogP contribution in [0.4, 0.5) is 5.69 Å². The van der Waals surface area contributed by atoms with E-state index in [9.17, 15) is 4.79 Å². The van der Waals surface area contributed by atoms with Crippen molar-refractivity contribution in [2.45, 2.75) is 13.3 Å². The van der Waals surface area contributed by atoms with Crippen LogP contribution >= 0.6 is 0 Å². The van der Waals surface area contributed by atoms with Gasteiger partial charge in [-0.1, -0.05) is 12.1 Å². The van der Waals surface area contributed by atoms with Gasteiger partial charge in [0.05, 0.1) is 31.9 Å². The summed E-state index contributed by atoms with van der Waals surface area (Å²) in [5, 5.41) is 8.97. The van der Waals surface area contributed by atoms with E-state index in [2.05, 4.69) is 11.9 Å². The van der Waals surface area contributed by atoms with Crippen LogP contribution in [-0.2, 0) is 0 Å². The number of halogens is 2. The average Bonchev–Trinajstić information content (AvgIpc) is 2.49. The summed E-state index contributed by atoms with van der Waals surface area (Å²) in [5.41, 5.74) is 1.47. The monoisotopic (exact) mass is 347 g/mol. The summed E-state index contributed by atoms with van der Waals surface area (Å²) in [5.74, 6) is 0.107. The van der Waals surface area contributed by atoms with Gasteiger partial charge in [0.1, 0.15) is 12.1 Å². The Hall–Kier alpha value is -0.980. The number of nitrogens with zero attached hydrogens (tertiary/aromatic N) is 1. The first-order valence-corrected chi connectivity index (χ1v) is 7.24. The van der Waals surface area contributed by atoms with Crippen molar-refractivity contribution in [1.82, 2.24) is 0 Å². The Morgan fingerprint density at radius 2 is 1.95 bits per heavy atom. The van der Waals surface area contributed by atoms with E-state index in [-0.39, 0.29) is 37.3 Å². The summed E-state index contributed by atoms with van der Waals surface area (Å²) < 4.78 is 0. The molecule has 0 aromatic heterocycles. The predicted molar refractivity (Wildman–Crippen MR) is 77.7 cm³/mol. The van der Waals surface area contributed by atoms with Crippen LogP contribution in [-0.4, -0.2) is 50.1 Å². The van der Waals surface area contributed by atoms with Gasteiger partial charge in [0.25, 0.3) is 0 Å². The maximum atomic E-state index is 12.3. The Labute approximate surface area is 143 Å². The summed E-state index contributed by atoms with van der Waals surface area (Å²) in [6, 6.07) is 7.47. The Bertz CT molecular complexity index is 497. The van der Waals surface area contributed by atoms with Crippen LogP contribution in [0.15, 0.2) is 29.3 Å². The van der Waals surface area contributed by atoms with E-state index in [4.69, 9.17) is 5.11 Å². The highest BCUT2D eigenvalue weighted by molar-refractivity contribution is 5.98. The van der Waals surface area contributed by atoms with Gasteiger partial charge in [-0.15, -0.1) is 0 Å². The maximum absolute atomic E-state index is 12.3. The highest BCUT2D eigenvalue weighted by atomic mass is 35.5. The van der Waals surface area contributed by atoms with Crippen LogP contribution < -0.4 is 34.6 Å². The van der Waals surface area contributed by atoms with Crippen LogP contribution in [0.5, 0.6) is 0 Å². The van der Waals surface area contributed by atoms with Gasteiger partial charge in [-0.05, 0) is 19.1 Å². The molecule has 0 fully saturated rings. The van der Waals surface area contributed by atoms with Gasteiger partial charge in [-0.25, -0.2) is 14.7 Å². The number of aliphatic imine (C=N–C) groups is 1. The number of rotatable bonds is 7. The molecule has 5 nitrogen and oxygen atoms in total. The molecular weight excluding hydrogens is 325 g/mol. The normalized spacial score (nSPS) is 17.2. The Kier molecular flexibility index (Phi) is 10.2. The third-order valence-electron chi connectivity index (χ3n) is 3.74. The van der Waals surface area contributed by atoms with Crippen molar-refractivity contribution in [2.75, 3.05) is 32.8 Å². The maximum Gasteiger partial charge on any atom is 0.352 e. The number of hydrogen-bond acceptors (Lipinski definition) is 3. The van der Waals surface area contributed by atoms with Gasteiger partial charge in [0.2, 0.25) is 0 Å². The summed E-state index contributed by atoms with van der Waals surface area (Å²) >= 11 is 0. The molecule has 0 aliphatic carbocycles. The van der Waals surface area contributed by atoms with Crippen molar-refractivity contribution < 1.29 is 44.5 Å². The Balaban J connectivity index is 0.00000220. The molecule has 2 rings (SSSR count). The SMILES string of the molecule is CC[NH+](CCO)CCC[NH+]1C=Nc2ccccc2C1=O.[Cl-].[Cl-]. The van der Waals surface area contributed by atoms with Crippen LogP contribution in [0.3, 0.4) is 0 Å². The third kappa shape index (κ3) is 5.34. The van der Waals surface area contributed by atoms with E-state index in [1.54, 1.807) is 6.34 Å². The molecule has 1 heterocycles. The number of nitrogens with one attached hydrogen (secondary N) is 2. The zero-order valence-corrected chi connectivity index (χ0v) is 14.2. The zero-order valence-electron chi connectivity index (χ0n) is 12.7. The molecule has 1 amide bonds. The minimum absolute atomic E-state index is 0. The first-order chi connectivity index (χ1) is 9.76. The molecule has 3 N–H and O–H groups in total. The van der Waals surface area contributed by atoms with Crippen molar-refractivity contribution >= 4 is 17.9 Å². The van der Waals surface area contributed by atoms with Crippen LogP contribution in [0, 0.1) is 0 Å². The molecule has 1 aliphatic heterocycles.